The Labute approximate surface area is 146 Å². The Bertz CT molecular complexity index is 901. The maximum Gasteiger partial charge on any atom is 0.203 e. The molecule has 2 aromatic rings. The van der Waals surface area contributed by atoms with Crippen molar-refractivity contribution in [1.82, 2.24) is 5.32 Å². The minimum atomic E-state index is -3.83. The van der Waals surface area contributed by atoms with E-state index >= 15 is 0 Å². The zero-order chi connectivity index (χ0) is 17.4. The summed E-state index contributed by atoms with van der Waals surface area (Å²) in [5.41, 5.74) is 3.17. The van der Waals surface area contributed by atoms with Gasteiger partial charge >= 0.3 is 0 Å². The van der Waals surface area contributed by atoms with Gasteiger partial charge in [0.1, 0.15) is 16.1 Å². The van der Waals surface area contributed by atoms with E-state index in [0.717, 1.165) is 24.3 Å². The Hall–Kier alpha value is -2.12. The van der Waals surface area contributed by atoms with Gasteiger partial charge in [-0.05, 0) is 42.3 Å². The normalized spacial score (nSPS) is 20.2. The van der Waals surface area contributed by atoms with Gasteiger partial charge in [0.05, 0.1) is 0 Å². The molecule has 132 valence electrons. The second kappa shape index (κ2) is 6.31. The van der Waals surface area contributed by atoms with Gasteiger partial charge in [0.2, 0.25) is 9.84 Å². The minimum Gasteiger partial charge on any atom is -0.384 e. The summed E-state index contributed by atoms with van der Waals surface area (Å²) in [6.45, 7) is 2.42. The van der Waals surface area contributed by atoms with Crippen molar-refractivity contribution in [2.45, 2.75) is 16.7 Å². The van der Waals surface area contributed by atoms with Crippen molar-refractivity contribution in [1.29, 1.82) is 0 Å². The molecule has 2 heterocycles. The van der Waals surface area contributed by atoms with Gasteiger partial charge < -0.3 is 15.5 Å². The average molecular weight is 361 g/mol. The van der Waals surface area contributed by atoms with Crippen LogP contribution in [0.3, 0.4) is 0 Å². The fourth-order valence-electron chi connectivity index (χ4n) is 3.54. The molecule has 4 rings (SSSR count). The molecule has 5 nitrogen and oxygen atoms in total. The second-order valence-electron chi connectivity index (χ2n) is 6.35. The molecule has 7 heteroatoms. The van der Waals surface area contributed by atoms with Crippen LogP contribution < -0.4 is 15.5 Å². The lowest BCUT2D eigenvalue weighted by Crippen LogP contribution is -2.55. The summed E-state index contributed by atoms with van der Waals surface area (Å²) < 4.78 is 40.3. The smallest absolute Gasteiger partial charge is 0.203 e. The number of benzene rings is 2. The van der Waals surface area contributed by atoms with Crippen LogP contribution >= 0.6 is 0 Å². The summed E-state index contributed by atoms with van der Waals surface area (Å²) in [6, 6.07) is 11.6. The molecule has 0 bridgehead atoms. The maximum atomic E-state index is 14.1. The topological polar surface area (TPSA) is 61.4 Å². The van der Waals surface area contributed by atoms with Crippen LogP contribution in [0.4, 0.5) is 15.8 Å². The number of hydrogen-bond acceptors (Lipinski definition) is 5. The lowest BCUT2D eigenvalue weighted by Gasteiger charge is -2.37. The third-order valence-electron chi connectivity index (χ3n) is 4.83. The molecule has 0 spiro atoms. The monoisotopic (exact) mass is 361 g/mol. The summed E-state index contributed by atoms with van der Waals surface area (Å²) in [7, 11) is -3.83. The van der Waals surface area contributed by atoms with Crippen LogP contribution in [0.25, 0.3) is 0 Å². The largest absolute Gasteiger partial charge is 0.384 e. The van der Waals surface area contributed by atoms with Crippen molar-refractivity contribution < 1.29 is 12.8 Å². The van der Waals surface area contributed by atoms with E-state index < -0.39 is 21.0 Å². The van der Waals surface area contributed by atoms with Crippen molar-refractivity contribution >= 4 is 21.2 Å². The summed E-state index contributed by atoms with van der Waals surface area (Å²) in [5.74, 6) is -0.703. The molecule has 0 radical (unpaired) electrons. The minimum absolute atomic E-state index is 0.239. The van der Waals surface area contributed by atoms with Gasteiger partial charge in [0, 0.05) is 37.6 Å². The molecule has 1 unspecified atom stereocenters. The first-order valence-electron chi connectivity index (χ1n) is 8.40. The SMILES string of the molecule is O=S(=O)(c1ccccc1F)C1CNCCN1c1ccc2c(c1)CCN2. The summed E-state index contributed by atoms with van der Waals surface area (Å²) in [6.07, 6.45) is 0.931. The van der Waals surface area contributed by atoms with Gasteiger partial charge in [-0.25, -0.2) is 12.8 Å². The summed E-state index contributed by atoms with van der Waals surface area (Å²) in [4.78, 5) is 1.63. The fourth-order valence-corrected chi connectivity index (χ4v) is 5.34. The van der Waals surface area contributed by atoms with E-state index in [2.05, 4.69) is 10.6 Å². The van der Waals surface area contributed by atoms with E-state index in [1.807, 2.05) is 23.1 Å². The highest BCUT2D eigenvalue weighted by molar-refractivity contribution is 7.92. The van der Waals surface area contributed by atoms with Gasteiger partial charge in [-0.15, -0.1) is 0 Å². The number of hydrogen-bond donors (Lipinski definition) is 2. The summed E-state index contributed by atoms with van der Waals surface area (Å²) >= 11 is 0. The molecule has 0 aromatic heterocycles. The van der Waals surface area contributed by atoms with Crippen molar-refractivity contribution in [3.8, 4) is 0 Å². The number of nitrogens with one attached hydrogen (secondary N) is 2. The molecule has 1 fully saturated rings. The molecule has 1 saturated heterocycles. The van der Waals surface area contributed by atoms with Gasteiger partial charge in [0.25, 0.3) is 0 Å². The highest BCUT2D eigenvalue weighted by Crippen LogP contribution is 2.31. The number of nitrogens with zero attached hydrogens (tertiary/aromatic N) is 1. The van der Waals surface area contributed by atoms with Crippen molar-refractivity contribution in [2.24, 2.45) is 0 Å². The standard InChI is InChI=1S/C18H20FN3O2S/c19-15-3-1-2-4-17(15)25(23,24)18-12-20-9-10-22(18)14-5-6-16-13(11-14)7-8-21-16/h1-6,11,18,20-21H,7-10,12H2. The summed E-state index contributed by atoms with van der Waals surface area (Å²) in [5, 5.41) is 5.60. The van der Waals surface area contributed by atoms with Gasteiger partial charge in [-0.2, -0.15) is 0 Å². The molecule has 2 aliphatic rings. The highest BCUT2D eigenvalue weighted by Gasteiger charge is 2.36. The molecule has 0 amide bonds. The highest BCUT2D eigenvalue weighted by atomic mass is 32.2. The Balaban J connectivity index is 1.73. The Kier molecular flexibility index (Phi) is 4.13. The first kappa shape index (κ1) is 16.4. The Morgan fingerprint density at radius 2 is 1.96 bits per heavy atom. The van der Waals surface area contributed by atoms with Crippen molar-refractivity contribution in [2.75, 3.05) is 36.4 Å². The van der Waals surface area contributed by atoms with E-state index in [0.29, 0.717) is 13.1 Å². The predicted molar refractivity (Wildman–Crippen MR) is 96.2 cm³/mol. The molecular formula is C18H20FN3O2S. The number of fused-ring (bicyclic) bond motifs is 1. The number of anilines is 2. The molecular weight excluding hydrogens is 341 g/mol. The molecule has 25 heavy (non-hydrogen) atoms. The van der Waals surface area contributed by atoms with Gasteiger partial charge in [-0.1, -0.05) is 12.1 Å². The molecule has 2 aliphatic heterocycles. The molecule has 0 aliphatic carbocycles. The van der Waals surface area contributed by atoms with E-state index in [1.165, 1.54) is 23.8 Å². The Morgan fingerprint density at radius 1 is 1.12 bits per heavy atom. The van der Waals surface area contributed by atoms with Crippen molar-refractivity contribution in [3.63, 3.8) is 0 Å². The van der Waals surface area contributed by atoms with E-state index in [1.54, 1.807) is 6.07 Å². The predicted octanol–water partition coefficient (Wildman–Crippen LogP) is 2.00. The number of piperazine rings is 1. The van der Waals surface area contributed by atoms with Gasteiger partial charge in [0.15, 0.2) is 0 Å². The fraction of sp³-hybridized carbons (Fsp3) is 0.333. The molecule has 2 aromatic carbocycles. The zero-order valence-corrected chi connectivity index (χ0v) is 14.5. The van der Waals surface area contributed by atoms with Crippen LogP contribution in [0.15, 0.2) is 47.4 Å². The molecule has 0 saturated carbocycles. The van der Waals surface area contributed by atoms with Crippen molar-refractivity contribution in [3.05, 3.63) is 53.8 Å². The lowest BCUT2D eigenvalue weighted by molar-refractivity contribution is 0.511. The van der Waals surface area contributed by atoms with Crippen LogP contribution in [-0.2, 0) is 16.3 Å². The first-order valence-corrected chi connectivity index (χ1v) is 9.94. The van der Waals surface area contributed by atoms with E-state index in [-0.39, 0.29) is 11.4 Å². The average Bonchev–Trinajstić information content (AvgIpc) is 3.09. The molecule has 1 atom stereocenters. The van der Waals surface area contributed by atoms with E-state index in [4.69, 9.17) is 0 Å². The third kappa shape index (κ3) is 2.87. The van der Waals surface area contributed by atoms with Crippen LogP contribution in [0.1, 0.15) is 5.56 Å². The second-order valence-corrected chi connectivity index (χ2v) is 8.42. The van der Waals surface area contributed by atoms with Crippen LogP contribution in [0.2, 0.25) is 0 Å². The maximum absolute atomic E-state index is 14.1. The van der Waals surface area contributed by atoms with Crippen LogP contribution in [-0.4, -0.2) is 40.0 Å². The van der Waals surface area contributed by atoms with Crippen LogP contribution in [0, 0.1) is 5.82 Å². The van der Waals surface area contributed by atoms with Crippen LogP contribution in [0.5, 0.6) is 0 Å². The third-order valence-corrected chi connectivity index (χ3v) is 6.91. The first-order chi connectivity index (χ1) is 12.1. The Morgan fingerprint density at radius 3 is 2.80 bits per heavy atom. The van der Waals surface area contributed by atoms with E-state index in [9.17, 15) is 12.8 Å². The van der Waals surface area contributed by atoms with Gasteiger partial charge in [-0.3, -0.25) is 0 Å². The lowest BCUT2D eigenvalue weighted by atomic mass is 10.1. The quantitative estimate of drug-likeness (QED) is 0.876. The number of sulfone groups is 1. The number of halogens is 1. The molecule has 2 N–H and O–H groups in total. The zero-order valence-electron chi connectivity index (χ0n) is 13.7. The number of rotatable bonds is 3.